The summed E-state index contributed by atoms with van der Waals surface area (Å²) in [7, 11) is 1.72. The minimum Gasteiger partial charge on any atom is -0.385 e. The average Bonchev–Trinajstić information content (AvgIpc) is 2.96. The highest BCUT2D eigenvalue weighted by Gasteiger charge is 2.06. The first-order valence-corrected chi connectivity index (χ1v) is 6.87. The van der Waals surface area contributed by atoms with Gasteiger partial charge in [-0.3, -0.25) is 0 Å². The molecule has 2 aromatic heterocycles. The van der Waals surface area contributed by atoms with Gasteiger partial charge in [0.05, 0.1) is 23.4 Å². The van der Waals surface area contributed by atoms with Crippen molar-refractivity contribution in [3.05, 3.63) is 28.5 Å². The third kappa shape index (κ3) is 3.54. The number of methoxy groups -OCH3 is 1. The van der Waals surface area contributed by atoms with Crippen molar-refractivity contribution in [3.63, 3.8) is 0 Å². The summed E-state index contributed by atoms with van der Waals surface area (Å²) in [6.45, 7) is 4.38. The van der Waals surface area contributed by atoms with E-state index in [0.717, 1.165) is 43.5 Å². The zero-order valence-electron chi connectivity index (χ0n) is 10.7. The molecular weight excluding hydrogens is 248 g/mol. The fourth-order valence-electron chi connectivity index (χ4n) is 1.72. The molecular formula is C12H18N4OS. The van der Waals surface area contributed by atoms with Gasteiger partial charge in [0.15, 0.2) is 0 Å². The Balaban J connectivity index is 1.96. The van der Waals surface area contributed by atoms with Gasteiger partial charge in [0.2, 0.25) is 5.95 Å². The molecule has 2 aromatic rings. The third-order valence-corrected chi connectivity index (χ3v) is 3.16. The molecule has 0 spiro atoms. The van der Waals surface area contributed by atoms with Crippen molar-refractivity contribution >= 4 is 17.3 Å². The van der Waals surface area contributed by atoms with Crippen LogP contribution in [0, 0.1) is 6.92 Å². The van der Waals surface area contributed by atoms with Crippen molar-refractivity contribution in [3.8, 4) is 0 Å². The number of nitrogens with zero attached hydrogens (tertiary/aromatic N) is 3. The predicted octanol–water partition coefficient (Wildman–Crippen LogP) is 2.14. The fourth-order valence-corrected chi connectivity index (χ4v) is 2.26. The van der Waals surface area contributed by atoms with Crippen molar-refractivity contribution in [2.24, 2.45) is 0 Å². The minimum atomic E-state index is 0.761. The molecule has 0 aliphatic heterocycles. The Morgan fingerprint density at radius 1 is 1.50 bits per heavy atom. The topological polar surface area (TPSA) is 52.0 Å². The second kappa shape index (κ2) is 6.51. The molecule has 0 unspecified atom stereocenters. The number of thiazole rings is 1. The first kappa shape index (κ1) is 13.0. The lowest BCUT2D eigenvalue weighted by atomic mass is 10.4. The van der Waals surface area contributed by atoms with E-state index in [0.29, 0.717) is 0 Å². The van der Waals surface area contributed by atoms with Crippen LogP contribution in [-0.4, -0.2) is 34.8 Å². The first-order chi connectivity index (χ1) is 8.79. The molecule has 0 fully saturated rings. The van der Waals surface area contributed by atoms with Crippen LogP contribution in [0.15, 0.2) is 17.1 Å². The maximum Gasteiger partial charge on any atom is 0.203 e. The fraction of sp³-hybridized carbons (Fsp3) is 0.500. The molecule has 0 aliphatic rings. The largest absolute Gasteiger partial charge is 0.385 e. The summed E-state index contributed by atoms with van der Waals surface area (Å²) < 4.78 is 7.12. The van der Waals surface area contributed by atoms with Gasteiger partial charge >= 0.3 is 0 Å². The summed E-state index contributed by atoms with van der Waals surface area (Å²) in [5.41, 5.74) is 3.93. The summed E-state index contributed by atoms with van der Waals surface area (Å²) in [6, 6.07) is 0. The molecule has 0 aromatic carbocycles. The Labute approximate surface area is 111 Å². The summed E-state index contributed by atoms with van der Waals surface area (Å²) in [6.07, 6.45) is 3.01. The van der Waals surface area contributed by atoms with Gasteiger partial charge in [-0.15, -0.1) is 11.3 Å². The molecule has 0 radical (unpaired) electrons. The molecule has 0 atom stereocenters. The number of ether oxygens (including phenoxy) is 1. The molecule has 2 heterocycles. The van der Waals surface area contributed by atoms with Gasteiger partial charge in [0.25, 0.3) is 0 Å². The Hall–Kier alpha value is -1.40. The molecule has 2 rings (SSSR count). The highest BCUT2D eigenvalue weighted by atomic mass is 32.1. The van der Waals surface area contributed by atoms with Crippen LogP contribution in [0.2, 0.25) is 0 Å². The van der Waals surface area contributed by atoms with E-state index in [1.807, 2.05) is 18.6 Å². The van der Waals surface area contributed by atoms with Crippen molar-refractivity contribution in [1.82, 2.24) is 14.5 Å². The van der Waals surface area contributed by atoms with Crippen molar-refractivity contribution in [1.29, 1.82) is 0 Å². The van der Waals surface area contributed by atoms with Crippen molar-refractivity contribution in [2.45, 2.75) is 19.9 Å². The molecule has 5 nitrogen and oxygen atoms in total. The molecule has 0 saturated carbocycles. The van der Waals surface area contributed by atoms with Gasteiger partial charge in [0.1, 0.15) is 0 Å². The number of imidazole rings is 1. The molecule has 0 amide bonds. The van der Waals surface area contributed by atoms with Crippen LogP contribution in [0.1, 0.15) is 17.8 Å². The standard InChI is InChI=1S/C12H18N4OS/c1-10-6-16(7-11-8-18-9-14-11)12(15-10)13-4-3-5-17-2/h6,8-9H,3-5,7H2,1-2H3,(H,13,15). The molecule has 0 bridgehead atoms. The number of aryl methyl sites for hydroxylation is 1. The number of hydrogen-bond acceptors (Lipinski definition) is 5. The number of anilines is 1. The zero-order valence-corrected chi connectivity index (χ0v) is 11.5. The van der Waals surface area contributed by atoms with Gasteiger partial charge in [0, 0.05) is 31.8 Å². The average molecular weight is 266 g/mol. The summed E-state index contributed by atoms with van der Waals surface area (Å²) >= 11 is 1.61. The van der Waals surface area contributed by atoms with Crippen LogP contribution in [0.5, 0.6) is 0 Å². The monoisotopic (exact) mass is 266 g/mol. The molecule has 18 heavy (non-hydrogen) atoms. The normalized spacial score (nSPS) is 10.8. The molecule has 0 aliphatic carbocycles. The van der Waals surface area contributed by atoms with Crippen LogP contribution in [0.25, 0.3) is 0 Å². The lowest BCUT2D eigenvalue weighted by Gasteiger charge is -2.08. The van der Waals surface area contributed by atoms with Crippen LogP contribution in [0.4, 0.5) is 5.95 Å². The van der Waals surface area contributed by atoms with E-state index in [2.05, 4.69) is 25.2 Å². The quantitative estimate of drug-likeness (QED) is 0.780. The highest BCUT2D eigenvalue weighted by Crippen LogP contribution is 2.12. The lowest BCUT2D eigenvalue weighted by molar-refractivity contribution is 0.197. The second-order valence-electron chi connectivity index (χ2n) is 4.09. The molecule has 1 N–H and O–H groups in total. The van der Waals surface area contributed by atoms with Gasteiger partial charge in [-0.1, -0.05) is 0 Å². The van der Waals surface area contributed by atoms with Crippen LogP contribution >= 0.6 is 11.3 Å². The van der Waals surface area contributed by atoms with E-state index in [1.54, 1.807) is 18.4 Å². The zero-order chi connectivity index (χ0) is 12.8. The smallest absolute Gasteiger partial charge is 0.203 e. The Kier molecular flexibility index (Phi) is 4.72. The maximum atomic E-state index is 5.02. The van der Waals surface area contributed by atoms with Crippen LogP contribution in [-0.2, 0) is 11.3 Å². The van der Waals surface area contributed by atoms with E-state index >= 15 is 0 Å². The lowest BCUT2D eigenvalue weighted by Crippen LogP contribution is -2.10. The summed E-state index contributed by atoms with van der Waals surface area (Å²) in [4.78, 5) is 8.77. The number of rotatable bonds is 7. The van der Waals surface area contributed by atoms with E-state index in [4.69, 9.17) is 4.74 Å². The van der Waals surface area contributed by atoms with Gasteiger partial charge < -0.3 is 14.6 Å². The van der Waals surface area contributed by atoms with Crippen molar-refractivity contribution < 1.29 is 4.74 Å². The molecule has 6 heteroatoms. The van der Waals surface area contributed by atoms with E-state index in [-0.39, 0.29) is 0 Å². The first-order valence-electron chi connectivity index (χ1n) is 5.93. The molecule has 0 saturated heterocycles. The van der Waals surface area contributed by atoms with Gasteiger partial charge in [-0.05, 0) is 13.3 Å². The van der Waals surface area contributed by atoms with Gasteiger partial charge in [-0.2, -0.15) is 0 Å². The molecule has 98 valence electrons. The van der Waals surface area contributed by atoms with E-state index in [1.165, 1.54) is 0 Å². The Morgan fingerprint density at radius 3 is 3.11 bits per heavy atom. The number of hydrogen-bond donors (Lipinski definition) is 1. The number of nitrogens with one attached hydrogen (secondary N) is 1. The predicted molar refractivity (Wildman–Crippen MR) is 73.2 cm³/mol. The minimum absolute atomic E-state index is 0.761. The third-order valence-electron chi connectivity index (χ3n) is 2.52. The van der Waals surface area contributed by atoms with Crippen LogP contribution in [0.3, 0.4) is 0 Å². The maximum absolute atomic E-state index is 5.02. The Bertz CT molecular complexity index is 466. The van der Waals surface area contributed by atoms with Crippen molar-refractivity contribution in [2.75, 3.05) is 25.6 Å². The number of aromatic nitrogens is 3. The Morgan fingerprint density at radius 2 is 2.39 bits per heavy atom. The van der Waals surface area contributed by atoms with E-state index < -0.39 is 0 Å². The highest BCUT2D eigenvalue weighted by molar-refractivity contribution is 7.07. The summed E-state index contributed by atoms with van der Waals surface area (Å²) in [5, 5.41) is 5.39. The van der Waals surface area contributed by atoms with Crippen LogP contribution < -0.4 is 5.32 Å². The van der Waals surface area contributed by atoms with Gasteiger partial charge in [-0.25, -0.2) is 9.97 Å². The second-order valence-corrected chi connectivity index (χ2v) is 4.81. The van der Waals surface area contributed by atoms with E-state index in [9.17, 15) is 0 Å². The summed E-state index contributed by atoms with van der Waals surface area (Å²) in [5.74, 6) is 0.900. The SMILES string of the molecule is COCCCNc1nc(C)cn1Cc1cscn1.